The van der Waals surface area contributed by atoms with Gasteiger partial charge in [0.15, 0.2) is 6.10 Å². The number of rotatable bonds is 47. The number of carbonyl (C=O) groups is 3. The molecule has 372 valence electrons. The van der Waals surface area contributed by atoms with Crippen LogP contribution in [0.15, 0.2) is 48.6 Å². The Kier molecular flexibility index (Phi) is 46.0. The lowest BCUT2D eigenvalue weighted by molar-refractivity contribution is -0.169. The van der Waals surface area contributed by atoms with Crippen molar-refractivity contribution in [2.75, 3.05) is 46.8 Å². The molecule has 0 fully saturated rings. The molecule has 4 atom stereocenters. The van der Waals surface area contributed by atoms with E-state index in [-0.39, 0.29) is 51.4 Å². The molecular formula is C53H95NO10. The van der Waals surface area contributed by atoms with Crippen LogP contribution < -0.4 is 5.32 Å². The Morgan fingerprint density at radius 2 is 1.02 bits per heavy atom. The molecule has 3 N–H and O–H groups in total. The fourth-order valence-electron chi connectivity index (χ4n) is 6.94. The molecule has 0 rings (SSSR count). The summed E-state index contributed by atoms with van der Waals surface area (Å²) < 4.78 is 27.4. The highest BCUT2D eigenvalue weighted by molar-refractivity contribution is 5.76. The molecule has 0 spiro atoms. The van der Waals surface area contributed by atoms with Crippen molar-refractivity contribution >= 4 is 17.8 Å². The van der Waals surface area contributed by atoms with Gasteiger partial charge >= 0.3 is 11.9 Å². The van der Waals surface area contributed by atoms with Gasteiger partial charge in [-0.2, -0.15) is 0 Å². The fourth-order valence-corrected chi connectivity index (χ4v) is 6.94. The molecule has 0 aromatic carbocycles. The van der Waals surface area contributed by atoms with Gasteiger partial charge in [-0.3, -0.25) is 14.4 Å². The van der Waals surface area contributed by atoms with E-state index in [1.54, 1.807) is 14.0 Å². The van der Waals surface area contributed by atoms with Crippen molar-refractivity contribution in [3.8, 4) is 0 Å². The molecule has 0 aliphatic heterocycles. The molecule has 0 aliphatic carbocycles. The first kappa shape index (κ1) is 61.2. The molecule has 0 aromatic heterocycles. The average Bonchev–Trinajstić information content (AvgIpc) is 3.28. The third-order valence-corrected chi connectivity index (χ3v) is 10.9. The summed E-state index contributed by atoms with van der Waals surface area (Å²) in [6, 6.07) is -0.949. The van der Waals surface area contributed by atoms with Gasteiger partial charge in [0.05, 0.1) is 45.2 Å². The van der Waals surface area contributed by atoms with Crippen LogP contribution in [0.2, 0.25) is 0 Å². The van der Waals surface area contributed by atoms with Gasteiger partial charge in [-0.05, 0) is 51.9 Å². The maximum atomic E-state index is 13.2. The molecule has 0 bridgehead atoms. The number of amides is 1. The second kappa shape index (κ2) is 48.1. The van der Waals surface area contributed by atoms with Crippen molar-refractivity contribution in [2.45, 2.75) is 225 Å². The monoisotopic (exact) mass is 906 g/mol. The number of esters is 2. The predicted molar refractivity (Wildman–Crippen MR) is 261 cm³/mol. The lowest BCUT2D eigenvalue weighted by atomic mass is 10.0. The number of ether oxygens (including phenoxy) is 5. The molecule has 0 saturated heterocycles. The Hall–Kier alpha value is -2.83. The summed E-state index contributed by atoms with van der Waals surface area (Å²) in [6.07, 6.45) is 41.9. The highest BCUT2D eigenvalue weighted by Crippen LogP contribution is 2.16. The molecule has 4 unspecified atom stereocenters. The fraction of sp³-hybridized carbons (Fsp3) is 0.792. The molecule has 64 heavy (non-hydrogen) atoms. The van der Waals surface area contributed by atoms with E-state index in [0.717, 1.165) is 57.8 Å². The number of carbonyl (C=O) groups excluding carboxylic acids is 3. The van der Waals surface area contributed by atoms with Gasteiger partial charge in [-0.1, -0.05) is 178 Å². The molecule has 0 aromatic rings. The number of nitrogens with one attached hydrogen (secondary N) is 1. The van der Waals surface area contributed by atoms with E-state index in [4.69, 9.17) is 23.7 Å². The first-order valence-electron chi connectivity index (χ1n) is 25.5. The summed E-state index contributed by atoms with van der Waals surface area (Å²) in [7, 11) is 1.59. The van der Waals surface area contributed by atoms with Gasteiger partial charge in [0.25, 0.3) is 0 Å². The summed E-state index contributed by atoms with van der Waals surface area (Å²) in [6.45, 7) is 6.87. The van der Waals surface area contributed by atoms with Crippen molar-refractivity contribution in [1.82, 2.24) is 5.32 Å². The Morgan fingerprint density at radius 1 is 0.531 bits per heavy atom. The SMILES string of the molecule is CCC/C=C\C/C=C\C/C=C\C/C=C\CCC(=O)OC(COC(=O)CCC(C)O)C(O)C(COCCOCCOC)NC(=O)CCCCCCCCCCCCCCCCCCCC. The van der Waals surface area contributed by atoms with Gasteiger partial charge < -0.3 is 39.2 Å². The normalized spacial score (nSPS) is 13.9. The zero-order valence-electron chi connectivity index (χ0n) is 41.1. The average molecular weight is 906 g/mol. The van der Waals surface area contributed by atoms with Crippen LogP contribution in [0.1, 0.15) is 201 Å². The summed E-state index contributed by atoms with van der Waals surface area (Å²) in [5.41, 5.74) is 0. The number of aliphatic hydroxyl groups excluding tert-OH is 2. The van der Waals surface area contributed by atoms with E-state index in [9.17, 15) is 24.6 Å². The van der Waals surface area contributed by atoms with Crippen molar-refractivity contribution in [2.24, 2.45) is 0 Å². The molecule has 11 nitrogen and oxygen atoms in total. The van der Waals surface area contributed by atoms with Crippen LogP contribution in [-0.2, 0) is 38.1 Å². The zero-order chi connectivity index (χ0) is 47.0. The number of hydrogen-bond donors (Lipinski definition) is 3. The molecule has 0 aliphatic rings. The van der Waals surface area contributed by atoms with E-state index in [2.05, 4.69) is 55.6 Å². The van der Waals surface area contributed by atoms with Crippen molar-refractivity contribution in [1.29, 1.82) is 0 Å². The van der Waals surface area contributed by atoms with Crippen molar-refractivity contribution in [3.63, 3.8) is 0 Å². The quantitative estimate of drug-likeness (QED) is 0.0306. The highest BCUT2D eigenvalue weighted by atomic mass is 16.6. The maximum Gasteiger partial charge on any atom is 0.306 e. The molecular weight excluding hydrogens is 811 g/mol. The van der Waals surface area contributed by atoms with Crippen LogP contribution in [0.3, 0.4) is 0 Å². The van der Waals surface area contributed by atoms with Gasteiger partial charge in [0.2, 0.25) is 5.91 Å². The third kappa shape index (κ3) is 43.1. The molecule has 0 heterocycles. The highest BCUT2D eigenvalue weighted by Gasteiger charge is 2.33. The minimum Gasteiger partial charge on any atom is -0.462 e. The van der Waals surface area contributed by atoms with E-state index >= 15 is 0 Å². The minimum atomic E-state index is -1.44. The van der Waals surface area contributed by atoms with Gasteiger partial charge in [0.1, 0.15) is 12.7 Å². The van der Waals surface area contributed by atoms with Crippen molar-refractivity contribution in [3.05, 3.63) is 48.6 Å². The van der Waals surface area contributed by atoms with E-state index in [0.29, 0.717) is 19.6 Å². The molecule has 1 amide bonds. The largest absolute Gasteiger partial charge is 0.462 e. The Bertz CT molecular complexity index is 1190. The smallest absolute Gasteiger partial charge is 0.306 e. The Morgan fingerprint density at radius 3 is 1.53 bits per heavy atom. The van der Waals surface area contributed by atoms with E-state index in [1.165, 1.54) is 89.9 Å². The summed E-state index contributed by atoms with van der Waals surface area (Å²) >= 11 is 0. The first-order chi connectivity index (χ1) is 31.2. The number of methoxy groups -OCH3 is 1. The second-order valence-corrected chi connectivity index (χ2v) is 17.1. The number of hydrogen-bond acceptors (Lipinski definition) is 10. The van der Waals surface area contributed by atoms with Crippen molar-refractivity contribution < 1.29 is 48.3 Å². The van der Waals surface area contributed by atoms with Gasteiger partial charge in [-0.25, -0.2) is 0 Å². The lowest BCUT2D eigenvalue weighted by Crippen LogP contribution is -2.53. The lowest BCUT2D eigenvalue weighted by Gasteiger charge is -2.30. The summed E-state index contributed by atoms with van der Waals surface area (Å²) in [4.78, 5) is 38.7. The van der Waals surface area contributed by atoms with Crippen LogP contribution >= 0.6 is 0 Å². The summed E-state index contributed by atoms with van der Waals surface area (Å²) in [5.74, 6) is -1.41. The van der Waals surface area contributed by atoms with Crippen LogP contribution in [0.5, 0.6) is 0 Å². The van der Waals surface area contributed by atoms with Gasteiger partial charge in [-0.15, -0.1) is 0 Å². The van der Waals surface area contributed by atoms with E-state index in [1.807, 2.05) is 12.2 Å². The zero-order valence-corrected chi connectivity index (χ0v) is 41.1. The van der Waals surface area contributed by atoms with Gasteiger partial charge in [0, 0.05) is 26.4 Å². The Labute approximate surface area is 390 Å². The van der Waals surface area contributed by atoms with Crippen LogP contribution in [0.25, 0.3) is 0 Å². The van der Waals surface area contributed by atoms with E-state index < -0.39 is 42.9 Å². The number of aliphatic hydroxyl groups is 2. The minimum absolute atomic E-state index is 0.0356. The predicted octanol–water partition coefficient (Wildman–Crippen LogP) is 11.5. The first-order valence-corrected chi connectivity index (χ1v) is 25.5. The molecule has 0 saturated carbocycles. The van der Waals surface area contributed by atoms with Crippen LogP contribution in [0, 0.1) is 0 Å². The second-order valence-electron chi connectivity index (χ2n) is 17.1. The number of unbranched alkanes of at least 4 members (excludes halogenated alkanes) is 18. The molecule has 0 radical (unpaired) electrons. The van der Waals surface area contributed by atoms with Crippen LogP contribution in [-0.4, -0.2) is 99.2 Å². The standard InChI is InChI=1S/C53H95NO10/c1-5-7-9-11-13-15-17-19-21-22-23-24-25-27-29-31-33-35-37-50(56)54-48(45-62-44-43-61-42-41-60-4)53(59)49(46-63-51(57)40-39-47(3)55)64-52(58)38-36-34-32-30-28-26-20-18-16-14-12-10-8-6-2/h10,12,16,18,26,28,32,34,47-49,53,55,59H,5-9,11,13-15,17,19-25,27,29-31,33,35-46H2,1-4H3,(H,54,56)/b12-10-,18-16-,28-26-,34-32-. The topological polar surface area (TPSA) is 150 Å². The Balaban J connectivity index is 5.04. The maximum absolute atomic E-state index is 13.2. The third-order valence-electron chi connectivity index (χ3n) is 10.9. The number of allylic oxidation sites excluding steroid dienone is 8. The molecule has 11 heteroatoms. The van der Waals surface area contributed by atoms with Crippen LogP contribution in [0.4, 0.5) is 0 Å². The summed E-state index contributed by atoms with van der Waals surface area (Å²) in [5, 5.41) is 24.1.